The van der Waals surface area contributed by atoms with Crippen LogP contribution in [0.3, 0.4) is 0 Å². The summed E-state index contributed by atoms with van der Waals surface area (Å²) in [6.45, 7) is 0.493. The van der Waals surface area contributed by atoms with Gasteiger partial charge in [0, 0.05) is 18.7 Å². The zero-order valence-electron chi connectivity index (χ0n) is 13.3. The molecule has 0 saturated heterocycles. The minimum absolute atomic E-state index is 0.0156. The Balaban J connectivity index is 1.57. The Bertz CT molecular complexity index is 679. The number of carbonyl (C=O) groups excluding carboxylic acids is 1. The number of fused-ring (bicyclic) bond motifs is 1. The summed E-state index contributed by atoms with van der Waals surface area (Å²) in [6, 6.07) is 4.91. The van der Waals surface area contributed by atoms with Crippen LogP contribution in [0.4, 0.5) is 5.69 Å². The van der Waals surface area contributed by atoms with Crippen molar-refractivity contribution >= 4 is 21.6 Å². The van der Waals surface area contributed by atoms with E-state index in [4.69, 9.17) is 0 Å². The summed E-state index contributed by atoms with van der Waals surface area (Å²) in [5, 5.41) is 2.77. The molecule has 1 aliphatic carbocycles. The van der Waals surface area contributed by atoms with Crippen molar-refractivity contribution < 1.29 is 13.2 Å². The second-order valence-electron chi connectivity index (χ2n) is 6.56. The molecular formula is C17H24N2O3S. The predicted octanol–water partition coefficient (Wildman–Crippen LogP) is 2.82. The molecule has 23 heavy (non-hydrogen) atoms. The number of anilines is 1. The van der Waals surface area contributed by atoms with Gasteiger partial charge in [0.2, 0.25) is 15.9 Å². The third-order valence-corrected chi connectivity index (χ3v) is 6.30. The lowest BCUT2D eigenvalue weighted by Gasteiger charge is -2.17. The zero-order chi connectivity index (χ0) is 16.3. The van der Waals surface area contributed by atoms with E-state index in [0.717, 1.165) is 30.0 Å². The standard InChI is InChI=1S/C17H24N2O3S/c20-17-10-7-14-12-15(8-9-16(14)19-17)23(21,22)18-11-3-6-13-4-1-2-5-13/h8-9,12-13,18H,1-7,10-11H2,(H,19,20). The summed E-state index contributed by atoms with van der Waals surface area (Å²) in [5.41, 5.74) is 1.61. The highest BCUT2D eigenvalue weighted by atomic mass is 32.2. The molecule has 0 aromatic heterocycles. The van der Waals surface area contributed by atoms with Crippen LogP contribution in [0.25, 0.3) is 0 Å². The first-order valence-corrected chi connectivity index (χ1v) is 9.95. The first-order valence-electron chi connectivity index (χ1n) is 8.47. The van der Waals surface area contributed by atoms with E-state index < -0.39 is 10.0 Å². The van der Waals surface area contributed by atoms with Crippen molar-refractivity contribution in [1.82, 2.24) is 4.72 Å². The van der Waals surface area contributed by atoms with E-state index >= 15 is 0 Å². The van der Waals surface area contributed by atoms with Crippen LogP contribution in [0.2, 0.25) is 0 Å². The molecule has 0 atom stereocenters. The van der Waals surface area contributed by atoms with E-state index in [1.165, 1.54) is 25.7 Å². The van der Waals surface area contributed by atoms with Crippen LogP contribution in [-0.2, 0) is 21.2 Å². The normalized spacial score (nSPS) is 18.7. The quantitative estimate of drug-likeness (QED) is 0.784. The predicted molar refractivity (Wildman–Crippen MR) is 89.8 cm³/mol. The fraction of sp³-hybridized carbons (Fsp3) is 0.588. The highest BCUT2D eigenvalue weighted by molar-refractivity contribution is 7.89. The maximum atomic E-state index is 12.4. The molecule has 2 aliphatic rings. The zero-order valence-corrected chi connectivity index (χ0v) is 14.1. The molecule has 1 fully saturated rings. The highest BCUT2D eigenvalue weighted by Crippen LogP contribution is 2.28. The number of carbonyl (C=O) groups is 1. The van der Waals surface area contributed by atoms with Crippen molar-refractivity contribution in [3.05, 3.63) is 23.8 Å². The smallest absolute Gasteiger partial charge is 0.240 e. The van der Waals surface area contributed by atoms with Crippen molar-refractivity contribution in [3.8, 4) is 0 Å². The van der Waals surface area contributed by atoms with E-state index in [2.05, 4.69) is 10.0 Å². The monoisotopic (exact) mass is 336 g/mol. The second kappa shape index (κ2) is 7.01. The van der Waals surface area contributed by atoms with Gasteiger partial charge in [-0.3, -0.25) is 4.79 Å². The maximum Gasteiger partial charge on any atom is 0.240 e. The Kier molecular flexibility index (Phi) is 5.02. The van der Waals surface area contributed by atoms with Gasteiger partial charge in [-0.15, -0.1) is 0 Å². The summed E-state index contributed by atoms with van der Waals surface area (Å²) in [4.78, 5) is 11.6. The molecule has 1 saturated carbocycles. The SMILES string of the molecule is O=C1CCc2cc(S(=O)(=O)NCCCC3CCCC3)ccc2N1. The number of rotatable bonds is 6. The lowest BCUT2D eigenvalue weighted by atomic mass is 10.0. The Morgan fingerprint density at radius 3 is 2.74 bits per heavy atom. The number of hydrogen-bond acceptors (Lipinski definition) is 3. The highest BCUT2D eigenvalue weighted by Gasteiger charge is 2.20. The van der Waals surface area contributed by atoms with Crippen molar-refractivity contribution in [1.29, 1.82) is 0 Å². The van der Waals surface area contributed by atoms with E-state index in [1.54, 1.807) is 18.2 Å². The van der Waals surface area contributed by atoms with Gasteiger partial charge in [0.15, 0.2) is 0 Å². The lowest BCUT2D eigenvalue weighted by molar-refractivity contribution is -0.116. The molecule has 1 amide bonds. The van der Waals surface area contributed by atoms with Crippen LogP contribution in [0.1, 0.15) is 50.5 Å². The number of aryl methyl sites for hydroxylation is 1. The fourth-order valence-electron chi connectivity index (χ4n) is 3.51. The molecule has 1 heterocycles. The van der Waals surface area contributed by atoms with Crippen molar-refractivity contribution in [2.24, 2.45) is 5.92 Å². The van der Waals surface area contributed by atoms with Crippen LogP contribution in [0, 0.1) is 5.92 Å². The number of sulfonamides is 1. The number of benzene rings is 1. The third-order valence-electron chi connectivity index (χ3n) is 4.84. The van der Waals surface area contributed by atoms with E-state index in [9.17, 15) is 13.2 Å². The second-order valence-corrected chi connectivity index (χ2v) is 8.32. The van der Waals surface area contributed by atoms with Crippen LogP contribution >= 0.6 is 0 Å². The summed E-state index contributed by atoms with van der Waals surface area (Å²) in [7, 11) is -3.47. The average Bonchev–Trinajstić information content (AvgIpc) is 3.04. The number of amides is 1. The number of hydrogen-bond donors (Lipinski definition) is 2. The van der Waals surface area contributed by atoms with Gasteiger partial charge in [0.1, 0.15) is 0 Å². The molecule has 2 N–H and O–H groups in total. The van der Waals surface area contributed by atoms with Gasteiger partial charge >= 0.3 is 0 Å². The van der Waals surface area contributed by atoms with Gasteiger partial charge in [-0.25, -0.2) is 13.1 Å². The molecule has 3 rings (SSSR count). The Hall–Kier alpha value is -1.40. The summed E-state index contributed by atoms with van der Waals surface area (Å²) in [6.07, 6.45) is 8.23. The van der Waals surface area contributed by atoms with Crippen molar-refractivity contribution in [2.75, 3.05) is 11.9 Å². The molecule has 0 bridgehead atoms. The molecule has 1 aliphatic heterocycles. The van der Waals surface area contributed by atoms with Crippen molar-refractivity contribution in [3.63, 3.8) is 0 Å². The van der Waals surface area contributed by atoms with E-state index in [1.807, 2.05) is 0 Å². The third kappa shape index (κ3) is 4.12. The number of nitrogens with one attached hydrogen (secondary N) is 2. The van der Waals surface area contributed by atoms with Gasteiger partial charge in [0.05, 0.1) is 4.90 Å². The van der Waals surface area contributed by atoms with E-state index in [0.29, 0.717) is 19.4 Å². The molecule has 1 aromatic carbocycles. The van der Waals surface area contributed by atoms with Crippen LogP contribution in [0.15, 0.2) is 23.1 Å². The first-order chi connectivity index (χ1) is 11.0. The van der Waals surface area contributed by atoms with Gasteiger partial charge in [-0.2, -0.15) is 0 Å². The molecule has 0 unspecified atom stereocenters. The van der Waals surface area contributed by atoms with Gasteiger partial charge in [-0.1, -0.05) is 25.7 Å². The van der Waals surface area contributed by atoms with Gasteiger partial charge < -0.3 is 5.32 Å². The van der Waals surface area contributed by atoms with Crippen LogP contribution in [0.5, 0.6) is 0 Å². The summed E-state index contributed by atoms with van der Waals surface area (Å²) >= 11 is 0. The fourth-order valence-corrected chi connectivity index (χ4v) is 4.63. The lowest BCUT2D eigenvalue weighted by Crippen LogP contribution is -2.26. The molecule has 6 heteroatoms. The largest absolute Gasteiger partial charge is 0.326 e. The van der Waals surface area contributed by atoms with Gasteiger partial charge in [0.25, 0.3) is 0 Å². The minimum Gasteiger partial charge on any atom is -0.326 e. The summed E-state index contributed by atoms with van der Waals surface area (Å²) in [5.74, 6) is 0.769. The molecule has 126 valence electrons. The summed E-state index contributed by atoms with van der Waals surface area (Å²) < 4.78 is 27.5. The van der Waals surface area contributed by atoms with Crippen LogP contribution in [-0.4, -0.2) is 20.9 Å². The van der Waals surface area contributed by atoms with E-state index in [-0.39, 0.29) is 10.8 Å². The molecule has 5 nitrogen and oxygen atoms in total. The average molecular weight is 336 g/mol. The maximum absolute atomic E-state index is 12.4. The topological polar surface area (TPSA) is 75.3 Å². The minimum atomic E-state index is -3.47. The Morgan fingerprint density at radius 1 is 1.17 bits per heavy atom. The van der Waals surface area contributed by atoms with Crippen molar-refractivity contribution in [2.45, 2.75) is 56.3 Å². The molecule has 0 radical (unpaired) electrons. The molecule has 1 aromatic rings. The first kappa shape index (κ1) is 16.5. The molecular weight excluding hydrogens is 312 g/mol. The van der Waals surface area contributed by atoms with Gasteiger partial charge in [-0.05, 0) is 48.9 Å². The van der Waals surface area contributed by atoms with Crippen LogP contribution < -0.4 is 10.0 Å². The molecule has 0 spiro atoms. The Labute approximate surface area is 137 Å². The Morgan fingerprint density at radius 2 is 1.96 bits per heavy atom.